The maximum absolute atomic E-state index is 6.12. The monoisotopic (exact) mass is 286 g/mol. The number of benzene rings is 2. The number of rotatable bonds is 4. The van der Waals surface area contributed by atoms with Gasteiger partial charge in [-0.3, -0.25) is 4.99 Å². The molecule has 0 saturated carbocycles. The summed E-state index contributed by atoms with van der Waals surface area (Å²) in [6, 6.07) is 15.6. The topological polar surface area (TPSA) is 33.6 Å². The van der Waals surface area contributed by atoms with Crippen molar-refractivity contribution < 1.29 is 4.74 Å². The van der Waals surface area contributed by atoms with Crippen molar-refractivity contribution in [2.24, 2.45) is 4.99 Å². The van der Waals surface area contributed by atoms with Crippen LogP contribution in [-0.4, -0.2) is 18.9 Å². The van der Waals surface area contributed by atoms with Crippen molar-refractivity contribution >= 4 is 17.4 Å². The lowest BCUT2D eigenvalue weighted by atomic mass is 10.2. The van der Waals surface area contributed by atoms with Gasteiger partial charge in [-0.1, -0.05) is 41.9 Å². The molecule has 0 saturated heterocycles. The van der Waals surface area contributed by atoms with Crippen LogP contribution in [0.4, 0.5) is 0 Å². The van der Waals surface area contributed by atoms with Crippen LogP contribution in [0.2, 0.25) is 5.02 Å². The molecule has 0 aromatic heterocycles. The van der Waals surface area contributed by atoms with Gasteiger partial charge in [0.2, 0.25) is 0 Å². The molecule has 1 aliphatic rings. The summed E-state index contributed by atoms with van der Waals surface area (Å²) in [7, 11) is 0. The first-order chi connectivity index (χ1) is 9.83. The molecule has 102 valence electrons. The van der Waals surface area contributed by atoms with Gasteiger partial charge in [0.1, 0.15) is 18.2 Å². The van der Waals surface area contributed by atoms with E-state index in [0.717, 1.165) is 40.8 Å². The molecule has 2 aromatic rings. The summed E-state index contributed by atoms with van der Waals surface area (Å²) < 4.78 is 5.81. The van der Waals surface area contributed by atoms with Gasteiger partial charge in [0.25, 0.3) is 0 Å². The Hall–Kier alpha value is -2.00. The summed E-state index contributed by atoms with van der Waals surface area (Å²) in [6.07, 6.45) is 0. The first-order valence-electron chi connectivity index (χ1n) is 6.58. The summed E-state index contributed by atoms with van der Waals surface area (Å²) in [5.41, 5.74) is 2.04. The predicted octanol–water partition coefficient (Wildman–Crippen LogP) is 3.27. The molecule has 0 fully saturated rings. The largest absolute Gasteiger partial charge is 0.489 e. The molecular formula is C16H15ClN2O. The van der Waals surface area contributed by atoms with E-state index >= 15 is 0 Å². The number of hydrogen-bond acceptors (Lipinski definition) is 3. The van der Waals surface area contributed by atoms with E-state index in [1.54, 1.807) is 0 Å². The highest BCUT2D eigenvalue weighted by Gasteiger charge is 2.08. The average molecular weight is 287 g/mol. The number of amidine groups is 1. The summed E-state index contributed by atoms with van der Waals surface area (Å²) in [5, 5.41) is 3.98. The van der Waals surface area contributed by atoms with E-state index in [4.69, 9.17) is 16.3 Å². The Balaban J connectivity index is 1.72. The van der Waals surface area contributed by atoms with E-state index < -0.39 is 0 Å². The Bertz CT molecular complexity index is 640. The Morgan fingerprint density at radius 2 is 2.05 bits per heavy atom. The van der Waals surface area contributed by atoms with Gasteiger partial charge in [-0.2, -0.15) is 0 Å². The van der Waals surface area contributed by atoms with Gasteiger partial charge in [-0.05, 0) is 18.2 Å². The van der Waals surface area contributed by atoms with Crippen molar-refractivity contribution in [3.05, 3.63) is 64.7 Å². The molecule has 0 unspecified atom stereocenters. The molecule has 0 spiro atoms. The van der Waals surface area contributed by atoms with Gasteiger partial charge in [0.05, 0.1) is 6.54 Å². The zero-order valence-electron chi connectivity index (χ0n) is 11.0. The van der Waals surface area contributed by atoms with Gasteiger partial charge in [0, 0.05) is 22.7 Å². The second kappa shape index (κ2) is 5.97. The van der Waals surface area contributed by atoms with Crippen LogP contribution < -0.4 is 10.1 Å². The molecule has 1 N–H and O–H groups in total. The van der Waals surface area contributed by atoms with Crippen LogP contribution in [0, 0.1) is 0 Å². The predicted molar refractivity (Wildman–Crippen MR) is 81.6 cm³/mol. The average Bonchev–Trinajstić information content (AvgIpc) is 3.01. The third-order valence-corrected chi connectivity index (χ3v) is 3.50. The van der Waals surface area contributed by atoms with Crippen molar-refractivity contribution in [1.29, 1.82) is 0 Å². The minimum Gasteiger partial charge on any atom is -0.489 e. The second-order valence-corrected chi connectivity index (χ2v) is 4.97. The fourth-order valence-electron chi connectivity index (χ4n) is 2.10. The molecular weight excluding hydrogens is 272 g/mol. The quantitative estimate of drug-likeness (QED) is 0.936. The van der Waals surface area contributed by atoms with E-state index in [1.165, 1.54) is 0 Å². The zero-order chi connectivity index (χ0) is 13.8. The Kier molecular flexibility index (Phi) is 3.88. The highest BCUT2D eigenvalue weighted by molar-refractivity contribution is 6.31. The van der Waals surface area contributed by atoms with Crippen LogP contribution in [-0.2, 0) is 6.61 Å². The molecule has 2 aromatic carbocycles. The van der Waals surface area contributed by atoms with E-state index in [9.17, 15) is 0 Å². The lowest BCUT2D eigenvalue weighted by Crippen LogP contribution is -2.19. The standard InChI is InChI=1S/C16H15ClN2O/c17-15-7-2-1-4-13(15)11-20-14-6-3-5-12(10-14)16-18-8-9-19-16/h1-7,10H,8-9,11H2,(H,18,19). The molecule has 3 nitrogen and oxygen atoms in total. The first-order valence-corrected chi connectivity index (χ1v) is 6.96. The van der Waals surface area contributed by atoms with Gasteiger partial charge in [-0.15, -0.1) is 0 Å². The van der Waals surface area contributed by atoms with Crippen molar-refractivity contribution in [2.45, 2.75) is 6.61 Å². The number of hydrogen-bond donors (Lipinski definition) is 1. The summed E-state index contributed by atoms with van der Waals surface area (Å²) in [5.74, 6) is 1.76. The Morgan fingerprint density at radius 1 is 1.15 bits per heavy atom. The molecule has 0 bridgehead atoms. The van der Waals surface area contributed by atoms with Crippen LogP contribution in [0.3, 0.4) is 0 Å². The van der Waals surface area contributed by atoms with Crippen molar-refractivity contribution in [2.75, 3.05) is 13.1 Å². The van der Waals surface area contributed by atoms with Crippen LogP contribution in [0.1, 0.15) is 11.1 Å². The minimum absolute atomic E-state index is 0.461. The summed E-state index contributed by atoms with van der Waals surface area (Å²) >= 11 is 6.12. The second-order valence-electron chi connectivity index (χ2n) is 4.57. The Morgan fingerprint density at radius 3 is 2.85 bits per heavy atom. The molecule has 20 heavy (non-hydrogen) atoms. The van der Waals surface area contributed by atoms with Crippen molar-refractivity contribution in [3.63, 3.8) is 0 Å². The fraction of sp³-hybridized carbons (Fsp3) is 0.188. The number of ether oxygens (including phenoxy) is 1. The van der Waals surface area contributed by atoms with Crippen molar-refractivity contribution in [1.82, 2.24) is 5.32 Å². The van der Waals surface area contributed by atoms with Crippen LogP contribution >= 0.6 is 11.6 Å². The number of nitrogens with zero attached hydrogens (tertiary/aromatic N) is 1. The molecule has 1 heterocycles. The molecule has 0 aliphatic carbocycles. The molecule has 1 aliphatic heterocycles. The maximum Gasteiger partial charge on any atom is 0.128 e. The summed E-state index contributed by atoms with van der Waals surface area (Å²) in [6.45, 7) is 2.20. The molecule has 3 rings (SSSR count). The summed E-state index contributed by atoms with van der Waals surface area (Å²) in [4.78, 5) is 4.41. The van der Waals surface area contributed by atoms with E-state index in [0.29, 0.717) is 6.61 Å². The van der Waals surface area contributed by atoms with Gasteiger partial charge < -0.3 is 10.1 Å². The number of nitrogens with one attached hydrogen (secondary N) is 1. The Labute approximate surface area is 123 Å². The highest BCUT2D eigenvalue weighted by Crippen LogP contribution is 2.19. The van der Waals surface area contributed by atoms with E-state index in [2.05, 4.69) is 10.3 Å². The van der Waals surface area contributed by atoms with Crippen LogP contribution in [0.15, 0.2) is 53.5 Å². The molecule has 0 amide bonds. The van der Waals surface area contributed by atoms with Crippen LogP contribution in [0.25, 0.3) is 0 Å². The van der Waals surface area contributed by atoms with Gasteiger partial charge in [0.15, 0.2) is 0 Å². The SMILES string of the molecule is Clc1ccccc1COc1cccc(C2=NCCN2)c1. The first kappa shape index (κ1) is 13.0. The van der Waals surface area contributed by atoms with Crippen LogP contribution in [0.5, 0.6) is 5.75 Å². The molecule has 0 atom stereocenters. The normalized spacial score (nSPS) is 13.8. The third-order valence-electron chi connectivity index (χ3n) is 3.13. The smallest absolute Gasteiger partial charge is 0.128 e. The lowest BCUT2D eigenvalue weighted by molar-refractivity contribution is 0.306. The fourth-order valence-corrected chi connectivity index (χ4v) is 2.29. The molecule has 4 heteroatoms. The number of aliphatic imine (C=N–C) groups is 1. The third kappa shape index (κ3) is 2.94. The zero-order valence-corrected chi connectivity index (χ0v) is 11.7. The maximum atomic E-state index is 6.12. The van der Waals surface area contributed by atoms with E-state index in [-0.39, 0.29) is 0 Å². The van der Waals surface area contributed by atoms with E-state index in [1.807, 2.05) is 48.5 Å². The minimum atomic E-state index is 0.461. The molecule has 0 radical (unpaired) electrons. The van der Waals surface area contributed by atoms with Gasteiger partial charge in [-0.25, -0.2) is 0 Å². The van der Waals surface area contributed by atoms with Gasteiger partial charge >= 0.3 is 0 Å². The van der Waals surface area contributed by atoms with Crippen molar-refractivity contribution in [3.8, 4) is 5.75 Å². The highest BCUT2D eigenvalue weighted by atomic mass is 35.5. The lowest BCUT2D eigenvalue weighted by Gasteiger charge is -2.09. The number of halogens is 1.